The number of nitrogens with zero attached hydrogens (tertiary/aromatic N) is 1. The van der Waals surface area contributed by atoms with Gasteiger partial charge in [0.15, 0.2) is 0 Å². The Kier molecular flexibility index (Phi) is 5.65. The van der Waals surface area contributed by atoms with Gasteiger partial charge in [-0.3, -0.25) is 4.79 Å². The molecule has 0 spiro atoms. The number of nitrogens with one attached hydrogen (secondary N) is 1. The summed E-state index contributed by atoms with van der Waals surface area (Å²) in [5, 5.41) is 3.76. The molecule has 0 saturated heterocycles. The second kappa shape index (κ2) is 8.40. The number of hydrogen-bond acceptors (Lipinski definition) is 3. The molecule has 1 amide bonds. The number of fused-ring (bicyclic) bond motifs is 1. The molecule has 0 aliphatic rings. The third-order valence-electron chi connectivity index (χ3n) is 5.41. The van der Waals surface area contributed by atoms with Gasteiger partial charge < -0.3 is 5.32 Å². The number of benzene rings is 3. The van der Waals surface area contributed by atoms with Crippen molar-refractivity contribution in [2.24, 2.45) is 0 Å². The van der Waals surface area contributed by atoms with Gasteiger partial charge in [0.1, 0.15) is 0 Å². The fraction of sp³-hybridized carbons (Fsp3) is 0.160. The summed E-state index contributed by atoms with van der Waals surface area (Å²) >= 11 is 0. The number of carbonyl (C=O) groups is 1. The molecule has 1 heterocycles. The van der Waals surface area contributed by atoms with Crippen molar-refractivity contribution in [3.63, 3.8) is 0 Å². The monoisotopic (exact) mass is 432 g/mol. The minimum atomic E-state index is -3.71. The highest BCUT2D eigenvalue weighted by atomic mass is 32.2. The van der Waals surface area contributed by atoms with Crippen LogP contribution in [0.2, 0.25) is 0 Å². The molecule has 0 aliphatic heterocycles. The van der Waals surface area contributed by atoms with Gasteiger partial charge in [-0.15, -0.1) is 0 Å². The van der Waals surface area contributed by atoms with E-state index in [0.717, 1.165) is 17.5 Å². The minimum Gasteiger partial charge on any atom is -0.345 e. The number of aromatic nitrogens is 1. The third kappa shape index (κ3) is 4.11. The molecule has 0 radical (unpaired) electrons. The lowest BCUT2D eigenvalue weighted by Gasteiger charge is -2.17. The second-order valence-corrected chi connectivity index (χ2v) is 9.36. The second-order valence-electron chi connectivity index (χ2n) is 7.55. The molecule has 158 valence electrons. The molecule has 6 heteroatoms. The van der Waals surface area contributed by atoms with E-state index < -0.39 is 10.0 Å². The first-order valence-electron chi connectivity index (χ1n) is 10.2. The number of aryl methyl sites for hydroxylation is 1. The Morgan fingerprint density at radius 1 is 0.968 bits per heavy atom. The van der Waals surface area contributed by atoms with Crippen LogP contribution in [0, 0.1) is 6.92 Å². The average molecular weight is 433 g/mol. The highest BCUT2D eigenvalue weighted by molar-refractivity contribution is 7.90. The van der Waals surface area contributed by atoms with Crippen molar-refractivity contribution >= 4 is 26.8 Å². The lowest BCUT2D eigenvalue weighted by atomic mass is 10.0. The summed E-state index contributed by atoms with van der Waals surface area (Å²) in [4.78, 5) is 13.1. The fourth-order valence-corrected chi connectivity index (χ4v) is 4.99. The minimum absolute atomic E-state index is 0.0871. The molecule has 1 N–H and O–H groups in total. The van der Waals surface area contributed by atoms with Gasteiger partial charge in [0, 0.05) is 17.1 Å². The van der Waals surface area contributed by atoms with Crippen molar-refractivity contribution in [2.45, 2.75) is 31.2 Å². The Morgan fingerprint density at radius 3 is 2.35 bits per heavy atom. The molecular weight excluding hydrogens is 408 g/mol. The molecule has 1 atom stereocenters. The van der Waals surface area contributed by atoms with Crippen LogP contribution in [0.1, 0.15) is 40.9 Å². The van der Waals surface area contributed by atoms with Gasteiger partial charge in [0.05, 0.1) is 16.5 Å². The maximum atomic E-state index is 13.1. The summed E-state index contributed by atoms with van der Waals surface area (Å²) in [6.07, 6.45) is 2.30. The zero-order valence-electron chi connectivity index (χ0n) is 17.4. The van der Waals surface area contributed by atoms with Crippen LogP contribution >= 0.6 is 0 Å². The molecule has 3 aromatic carbocycles. The maximum absolute atomic E-state index is 13.1. The van der Waals surface area contributed by atoms with E-state index >= 15 is 0 Å². The van der Waals surface area contributed by atoms with Crippen LogP contribution < -0.4 is 5.32 Å². The van der Waals surface area contributed by atoms with E-state index in [1.54, 1.807) is 48.5 Å². The number of carbonyl (C=O) groups excluding carboxylic acids is 1. The topological polar surface area (TPSA) is 68.2 Å². The van der Waals surface area contributed by atoms with Crippen LogP contribution in [0.25, 0.3) is 10.9 Å². The predicted octanol–water partition coefficient (Wildman–Crippen LogP) is 5.07. The lowest BCUT2D eigenvalue weighted by Crippen LogP contribution is -2.28. The van der Waals surface area contributed by atoms with Crippen molar-refractivity contribution in [2.75, 3.05) is 0 Å². The van der Waals surface area contributed by atoms with Gasteiger partial charge in [-0.2, -0.15) is 0 Å². The number of rotatable bonds is 6. The van der Waals surface area contributed by atoms with E-state index in [2.05, 4.69) is 5.32 Å². The van der Waals surface area contributed by atoms with Crippen molar-refractivity contribution in [3.8, 4) is 0 Å². The lowest BCUT2D eigenvalue weighted by molar-refractivity contribution is 0.0935. The molecule has 4 aromatic rings. The highest BCUT2D eigenvalue weighted by Crippen LogP contribution is 2.24. The van der Waals surface area contributed by atoms with E-state index in [1.807, 2.05) is 44.2 Å². The van der Waals surface area contributed by atoms with Gasteiger partial charge in [-0.25, -0.2) is 12.4 Å². The van der Waals surface area contributed by atoms with Crippen LogP contribution in [-0.2, 0) is 10.0 Å². The molecule has 5 nitrogen and oxygen atoms in total. The maximum Gasteiger partial charge on any atom is 0.268 e. The summed E-state index contributed by atoms with van der Waals surface area (Å²) in [5.74, 6) is -0.188. The average Bonchev–Trinajstić information content (AvgIpc) is 3.22. The third-order valence-corrected chi connectivity index (χ3v) is 7.11. The molecule has 0 bridgehead atoms. The first kappa shape index (κ1) is 20.9. The van der Waals surface area contributed by atoms with Crippen LogP contribution in [0.5, 0.6) is 0 Å². The van der Waals surface area contributed by atoms with Crippen LogP contribution in [-0.4, -0.2) is 18.3 Å². The molecule has 4 rings (SSSR count). The Labute approximate surface area is 182 Å². The Balaban J connectivity index is 1.63. The Bertz CT molecular complexity index is 1320. The molecule has 0 aliphatic carbocycles. The van der Waals surface area contributed by atoms with Crippen molar-refractivity contribution in [1.29, 1.82) is 0 Å². The van der Waals surface area contributed by atoms with Gasteiger partial charge in [0.2, 0.25) is 0 Å². The zero-order chi connectivity index (χ0) is 22.0. The quantitative estimate of drug-likeness (QED) is 0.463. The van der Waals surface area contributed by atoms with E-state index in [9.17, 15) is 13.2 Å². The van der Waals surface area contributed by atoms with Crippen LogP contribution in [0.3, 0.4) is 0 Å². The van der Waals surface area contributed by atoms with Crippen molar-refractivity contribution in [3.05, 3.63) is 102 Å². The van der Waals surface area contributed by atoms with Gasteiger partial charge in [-0.1, -0.05) is 55.0 Å². The van der Waals surface area contributed by atoms with Crippen LogP contribution in [0.15, 0.2) is 90.0 Å². The van der Waals surface area contributed by atoms with E-state index in [-0.39, 0.29) is 16.8 Å². The first-order valence-corrected chi connectivity index (χ1v) is 11.6. The summed E-state index contributed by atoms with van der Waals surface area (Å²) < 4.78 is 27.4. The largest absolute Gasteiger partial charge is 0.345 e. The first-order chi connectivity index (χ1) is 14.9. The van der Waals surface area contributed by atoms with E-state index in [1.165, 1.54) is 10.2 Å². The summed E-state index contributed by atoms with van der Waals surface area (Å²) in [6.45, 7) is 3.94. The van der Waals surface area contributed by atoms with Crippen molar-refractivity contribution in [1.82, 2.24) is 9.29 Å². The standard InChI is InChI=1S/C25H24N2O3S/c1-3-23(19-7-5-4-6-8-19)26-25(28)21-11-14-24-20(17-21)15-16-27(24)31(29,30)22-12-9-18(2)10-13-22/h4-17,23H,3H2,1-2H3,(H,26,28). The Hall–Kier alpha value is -3.38. The van der Waals surface area contributed by atoms with E-state index in [0.29, 0.717) is 16.5 Å². The van der Waals surface area contributed by atoms with E-state index in [4.69, 9.17) is 0 Å². The summed E-state index contributed by atoms with van der Waals surface area (Å²) in [5.41, 5.74) is 3.07. The molecule has 0 saturated carbocycles. The van der Waals surface area contributed by atoms with Gasteiger partial charge >= 0.3 is 0 Å². The van der Waals surface area contributed by atoms with Gasteiger partial charge in [0.25, 0.3) is 15.9 Å². The summed E-state index contributed by atoms with van der Waals surface area (Å²) in [6, 6.07) is 23.3. The molecule has 1 aromatic heterocycles. The zero-order valence-corrected chi connectivity index (χ0v) is 18.3. The van der Waals surface area contributed by atoms with Crippen molar-refractivity contribution < 1.29 is 13.2 Å². The number of hydrogen-bond donors (Lipinski definition) is 1. The smallest absolute Gasteiger partial charge is 0.268 e. The normalized spacial score (nSPS) is 12.6. The summed E-state index contributed by atoms with van der Waals surface area (Å²) in [7, 11) is -3.71. The predicted molar refractivity (Wildman–Crippen MR) is 123 cm³/mol. The van der Waals surface area contributed by atoms with Gasteiger partial charge in [-0.05, 0) is 55.3 Å². The molecule has 31 heavy (non-hydrogen) atoms. The molecular formula is C25H24N2O3S. The van der Waals surface area contributed by atoms with Crippen LogP contribution in [0.4, 0.5) is 0 Å². The Morgan fingerprint density at radius 2 is 1.68 bits per heavy atom. The fourth-order valence-electron chi connectivity index (χ4n) is 3.64. The molecule has 0 fully saturated rings. The molecule has 1 unspecified atom stereocenters. The highest BCUT2D eigenvalue weighted by Gasteiger charge is 2.20. The SMILES string of the molecule is CCC(NC(=O)c1ccc2c(ccn2S(=O)(=O)c2ccc(C)cc2)c1)c1ccccc1. The number of amides is 1.